The van der Waals surface area contributed by atoms with Gasteiger partial charge < -0.3 is 5.11 Å². The van der Waals surface area contributed by atoms with Crippen LogP contribution in [0, 0.1) is 5.82 Å². The molecule has 0 bridgehead atoms. The average molecular weight is 287 g/mol. The van der Waals surface area contributed by atoms with Gasteiger partial charge in [0.25, 0.3) is 0 Å². The van der Waals surface area contributed by atoms with Crippen LogP contribution < -0.4 is 0 Å². The highest BCUT2D eigenvalue weighted by atomic mass is 35.5. The zero-order chi connectivity index (χ0) is 13.1. The third-order valence-corrected chi connectivity index (χ3v) is 3.75. The molecule has 0 saturated heterocycles. The summed E-state index contributed by atoms with van der Waals surface area (Å²) >= 11 is 6.83. The van der Waals surface area contributed by atoms with Gasteiger partial charge in [0.15, 0.2) is 0 Å². The lowest BCUT2D eigenvalue weighted by atomic mass is 10.0. The molecule has 0 aliphatic rings. The van der Waals surface area contributed by atoms with Crippen LogP contribution in [0.4, 0.5) is 4.39 Å². The molecule has 96 valence electrons. The number of aliphatic hydroxyl groups is 1. The predicted molar refractivity (Wildman–Crippen MR) is 69.4 cm³/mol. The van der Waals surface area contributed by atoms with Gasteiger partial charge in [0.05, 0.1) is 16.7 Å². The molecule has 1 heterocycles. The van der Waals surface area contributed by atoms with Gasteiger partial charge in [-0.25, -0.2) is 4.39 Å². The summed E-state index contributed by atoms with van der Waals surface area (Å²) in [5.74, 6) is -0.405. The van der Waals surface area contributed by atoms with Gasteiger partial charge in [0.1, 0.15) is 5.82 Å². The van der Waals surface area contributed by atoms with E-state index in [1.54, 1.807) is 12.1 Å². The first-order valence-electron chi connectivity index (χ1n) is 5.55. The second-order valence-electron chi connectivity index (χ2n) is 3.89. The highest BCUT2D eigenvalue weighted by Gasteiger charge is 2.18. The first-order chi connectivity index (χ1) is 8.61. The summed E-state index contributed by atoms with van der Waals surface area (Å²) in [7, 11) is 0. The SMILES string of the molecule is CCc1nnsc1C(O)Cc1ccc(Cl)cc1F. The fourth-order valence-electron chi connectivity index (χ4n) is 1.70. The molecule has 3 nitrogen and oxygen atoms in total. The standard InChI is InChI=1S/C12H12ClFN2OS/c1-2-10-12(18-16-15-10)11(17)5-7-3-4-8(13)6-9(7)14/h3-4,6,11,17H,2,5H2,1H3. The first kappa shape index (κ1) is 13.4. The van der Waals surface area contributed by atoms with Crippen molar-refractivity contribution in [2.24, 2.45) is 0 Å². The molecule has 18 heavy (non-hydrogen) atoms. The number of hydrogen-bond acceptors (Lipinski definition) is 4. The largest absolute Gasteiger partial charge is 0.387 e. The number of nitrogens with zero attached hydrogens (tertiary/aromatic N) is 2. The Morgan fingerprint density at radius 1 is 1.50 bits per heavy atom. The predicted octanol–water partition coefficient (Wildman–Crippen LogP) is 3.17. The van der Waals surface area contributed by atoms with Crippen LogP contribution >= 0.6 is 23.1 Å². The Morgan fingerprint density at radius 3 is 2.94 bits per heavy atom. The van der Waals surface area contributed by atoms with E-state index in [-0.39, 0.29) is 6.42 Å². The van der Waals surface area contributed by atoms with Crippen molar-refractivity contribution in [3.8, 4) is 0 Å². The van der Waals surface area contributed by atoms with Crippen LogP contribution in [-0.4, -0.2) is 14.7 Å². The van der Waals surface area contributed by atoms with Crippen LogP contribution in [-0.2, 0) is 12.8 Å². The minimum atomic E-state index is -0.782. The molecule has 6 heteroatoms. The van der Waals surface area contributed by atoms with E-state index in [2.05, 4.69) is 9.59 Å². The second kappa shape index (κ2) is 5.73. The summed E-state index contributed by atoms with van der Waals surface area (Å²) in [5.41, 5.74) is 1.20. The van der Waals surface area contributed by atoms with Gasteiger partial charge in [-0.1, -0.05) is 29.1 Å². The Bertz CT molecular complexity index is 547. The Labute approximate surface area is 113 Å². The monoisotopic (exact) mass is 286 g/mol. The molecule has 1 aromatic heterocycles. The highest BCUT2D eigenvalue weighted by molar-refractivity contribution is 7.05. The lowest BCUT2D eigenvalue weighted by Gasteiger charge is -2.10. The maximum Gasteiger partial charge on any atom is 0.127 e. The zero-order valence-corrected chi connectivity index (χ0v) is 11.3. The Hall–Kier alpha value is -1.04. The maximum atomic E-state index is 13.6. The van der Waals surface area contributed by atoms with Gasteiger partial charge in [0.2, 0.25) is 0 Å². The summed E-state index contributed by atoms with van der Waals surface area (Å²) in [4.78, 5) is 0.701. The van der Waals surface area contributed by atoms with Crippen molar-refractivity contribution in [1.29, 1.82) is 0 Å². The number of aromatic nitrogens is 2. The van der Waals surface area contributed by atoms with Crippen LogP contribution in [0.2, 0.25) is 5.02 Å². The summed E-state index contributed by atoms with van der Waals surface area (Å²) in [6.45, 7) is 1.94. The number of hydrogen-bond donors (Lipinski definition) is 1. The molecule has 0 saturated carbocycles. The van der Waals surface area contributed by atoms with Crippen molar-refractivity contribution in [3.63, 3.8) is 0 Å². The Morgan fingerprint density at radius 2 is 2.28 bits per heavy atom. The third kappa shape index (κ3) is 2.85. The van der Waals surface area contributed by atoms with Gasteiger partial charge in [0, 0.05) is 11.4 Å². The van der Waals surface area contributed by atoms with Crippen molar-refractivity contribution in [2.45, 2.75) is 25.9 Å². The molecule has 0 spiro atoms. The van der Waals surface area contributed by atoms with Crippen LogP contribution in [0.5, 0.6) is 0 Å². The van der Waals surface area contributed by atoms with Gasteiger partial charge in [-0.15, -0.1) is 5.10 Å². The highest BCUT2D eigenvalue weighted by Crippen LogP contribution is 2.26. The van der Waals surface area contributed by atoms with E-state index in [4.69, 9.17) is 11.6 Å². The van der Waals surface area contributed by atoms with Gasteiger partial charge in [-0.2, -0.15) is 0 Å². The molecule has 1 atom stereocenters. The quantitative estimate of drug-likeness (QED) is 0.939. The van der Waals surface area contributed by atoms with Crippen molar-refractivity contribution in [3.05, 3.63) is 45.2 Å². The molecular formula is C12H12ClFN2OS. The summed E-state index contributed by atoms with van der Waals surface area (Å²) < 4.78 is 17.4. The summed E-state index contributed by atoms with van der Waals surface area (Å²) in [5, 5.41) is 14.4. The van der Waals surface area contributed by atoms with Crippen molar-refractivity contribution < 1.29 is 9.50 Å². The molecule has 0 aliphatic carbocycles. The fraction of sp³-hybridized carbons (Fsp3) is 0.333. The molecule has 2 rings (SSSR count). The molecule has 1 unspecified atom stereocenters. The topological polar surface area (TPSA) is 46.0 Å². The minimum absolute atomic E-state index is 0.194. The lowest BCUT2D eigenvalue weighted by molar-refractivity contribution is 0.179. The van der Waals surface area contributed by atoms with E-state index in [0.717, 1.165) is 17.2 Å². The Balaban J connectivity index is 2.18. The normalized spacial score (nSPS) is 12.7. The lowest BCUT2D eigenvalue weighted by Crippen LogP contribution is -2.04. The van der Waals surface area contributed by atoms with E-state index in [9.17, 15) is 9.50 Å². The maximum absolute atomic E-state index is 13.6. The van der Waals surface area contributed by atoms with Crippen LogP contribution in [0.3, 0.4) is 0 Å². The van der Waals surface area contributed by atoms with Crippen LogP contribution in [0.15, 0.2) is 18.2 Å². The van der Waals surface area contributed by atoms with Crippen LogP contribution in [0.25, 0.3) is 0 Å². The fourth-order valence-corrected chi connectivity index (χ4v) is 2.58. The molecule has 0 aliphatic heterocycles. The van der Waals surface area contributed by atoms with E-state index < -0.39 is 11.9 Å². The number of rotatable bonds is 4. The summed E-state index contributed by atoms with van der Waals surface area (Å²) in [6.07, 6.45) is 0.113. The van der Waals surface area contributed by atoms with Crippen molar-refractivity contribution in [2.75, 3.05) is 0 Å². The van der Waals surface area contributed by atoms with Gasteiger partial charge in [-0.05, 0) is 35.6 Å². The molecule has 2 aromatic rings. The van der Waals surface area contributed by atoms with Crippen molar-refractivity contribution >= 4 is 23.1 Å². The molecular weight excluding hydrogens is 275 g/mol. The first-order valence-corrected chi connectivity index (χ1v) is 6.70. The molecule has 1 N–H and O–H groups in total. The number of aryl methyl sites for hydroxylation is 1. The van der Waals surface area contributed by atoms with E-state index >= 15 is 0 Å². The zero-order valence-electron chi connectivity index (χ0n) is 9.73. The number of benzene rings is 1. The molecule has 0 amide bonds. The van der Waals surface area contributed by atoms with Crippen LogP contribution in [0.1, 0.15) is 29.2 Å². The summed E-state index contributed by atoms with van der Waals surface area (Å²) in [6, 6.07) is 4.44. The van der Waals surface area contributed by atoms with Crippen molar-refractivity contribution in [1.82, 2.24) is 9.59 Å². The minimum Gasteiger partial charge on any atom is -0.387 e. The second-order valence-corrected chi connectivity index (χ2v) is 5.12. The molecule has 0 radical (unpaired) electrons. The number of halogens is 2. The number of aliphatic hydroxyl groups excluding tert-OH is 1. The molecule has 0 fully saturated rings. The van der Waals surface area contributed by atoms with Gasteiger partial charge in [-0.3, -0.25) is 0 Å². The van der Waals surface area contributed by atoms with E-state index in [1.807, 2.05) is 6.92 Å². The van der Waals surface area contributed by atoms with Gasteiger partial charge >= 0.3 is 0 Å². The van der Waals surface area contributed by atoms with E-state index in [1.165, 1.54) is 6.07 Å². The Kier molecular flexibility index (Phi) is 4.27. The molecule has 1 aromatic carbocycles. The smallest absolute Gasteiger partial charge is 0.127 e. The third-order valence-electron chi connectivity index (χ3n) is 2.65. The van der Waals surface area contributed by atoms with E-state index in [0.29, 0.717) is 21.9 Å². The average Bonchev–Trinajstić information content (AvgIpc) is 2.81.